The van der Waals surface area contributed by atoms with Crippen LogP contribution in [0.3, 0.4) is 0 Å². The Hall–Kier alpha value is -1.35. The van der Waals surface area contributed by atoms with Crippen molar-refractivity contribution in [2.24, 2.45) is 5.92 Å². The van der Waals surface area contributed by atoms with E-state index < -0.39 is 0 Å². The van der Waals surface area contributed by atoms with Crippen LogP contribution in [0.25, 0.3) is 0 Å². The molecule has 1 N–H and O–H groups in total. The molecule has 132 valence electrons. The van der Waals surface area contributed by atoms with Crippen LogP contribution in [0.2, 0.25) is 0 Å². The Morgan fingerprint density at radius 1 is 1.00 bits per heavy atom. The largest absolute Gasteiger partial charge is 0.354 e. The van der Waals surface area contributed by atoms with Crippen molar-refractivity contribution < 1.29 is 4.79 Å². The van der Waals surface area contributed by atoms with Crippen molar-refractivity contribution in [3.8, 4) is 0 Å². The summed E-state index contributed by atoms with van der Waals surface area (Å²) in [4.78, 5) is 15.4. The van der Waals surface area contributed by atoms with E-state index in [0.717, 1.165) is 13.1 Å². The van der Waals surface area contributed by atoms with E-state index in [-0.39, 0.29) is 11.8 Å². The molecule has 1 aliphatic heterocycles. The molecule has 2 aliphatic rings. The van der Waals surface area contributed by atoms with Crippen LogP contribution in [0.5, 0.6) is 0 Å². The average Bonchev–Trinajstić information content (AvgIpc) is 2.65. The number of carbonyl (C=O) groups is 1. The first-order valence-electron chi connectivity index (χ1n) is 9.89. The molecule has 1 heterocycles. The summed E-state index contributed by atoms with van der Waals surface area (Å²) in [6.45, 7) is 4.17. The molecule has 3 nitrogen and oxygen atoms in total. The van der Waals surface area contributed by atoms with E-state index in [4.69, 9.17) is 0 Å². The van der Waals surface area contributed by atoms with Crippen LogP contribution in [0.1, 0.15) is 62.8 Å². The zero-order valence-corrected chi connectivity index (χ0v) is 14.9. The Morgan fingerprint density at radius 3 is 2.38 bits per heavy atom. The van der Waals surface area contributed by atoms with Gasteiger partial charge in [-0.1, -0.05) is 56.0 Å². The van der Waals surface area contributed by atoms with Crippen LogP contribution in [0.4, 0.5) is 0 Å². The number of amides is 1. The highest BCUT2D eigenvalue weighted by atomic mass is 16.1. The SMILES string of the molecule is O=C(NCCN1CCCCC1)C(c1ccccc1)C1CCCCC1. The van der Waals surface area contributed by atoms with Gasteiger partial charge in [0.15, 0.2) is 0 Å². The average molecular weight is 329 g/mol. The number of rotatable bonds is 6. The number of nitrogens with zero attached hydrogens (tertiary/aromatic N) is 1. The predicted molar refractivity (Wildman–Crippen MR) is 99.1 cm³/mol. The lowest BCUT2D eigenvalue weighted by Gasteiger charge is -2.30. The van der Waals surface area contributed by atoms with Gasteiger partial charge in [0.05, 0.1) is 5.92 Å². The zero-order chi connectivity index (χ0) is 16.6. The van der Waals surface area contributed by atoms with Crippen LogP contribution < -0.4 is 5.32 Å². The van der Waals surface area contributed by atoms with Crippen molar-refractivity contribution in [3.63, 3.8) is 0 Å². The van der Waals surface area contributed by atoms with Crippen LogP contribution >= 0.6 is 0 Å². The van der Waals surface area contributed by atoms with E-state index in [9.17, 15) is 4.79 Å². The van der Waals surface area contributed by atoms with Crippen molar-refractivity contribution in [1.82, 2.24) is 10.2 Å². The topological polar surface area (TPSA) is 32.3 Å². The third-order valence-corrected chi connectivity index (χ3v) is 5.74. The first-order chi connectivity index (χ1) is 11.8. The second kappa shape index (κ2) is 9.22. The Labute approximate surface area is 146 Å². The highest BCUT2D eigenvalue weighted by Crippen LogP contribution is 2.36. The molecule has 0 radical (unpaired) electrons. The summed E-state index contributed by atoms with van der Waals surface area (Å²) in [5.41, 5.74) is 1.19. The third kappa shape index (κ3) is 4.83. The van der Waals surface area contributed by atoms with Gasteiger partial charge in [0, 0.05) is 13.1 Å². The lowest BCUT2D eigenvalue weighted by atomic mass is 9.76. The number of piperidine rings is 1. The lowest BCUT2D eigenvalue weighted by molar-refractivity contribution is -0.124. The molecule has 24 heavy (non-hydrogen) atoms. The number of hydrogen-bond donors (Lipinski definition) is 1. The van der Waals surface area contributed by atoms with Crippen molar-refractivity contribution in [2.45, 2.75) is 57.3 Å². The van der Waals surface area contributed by atoms with Gasteiger partial charge in [0.2, 0.25) is 5.91 Å². The van der Waals surface area contributed by atoms with Crippen molar-refractivity contribution in [3.05, 3.63) is 35.9 Å². The molecular weight excluding hydrogens is 296 g/mol. The fraction of sp³-hybridized carbons (Fsp3) is 0.667. The number of hydrogen-bond acceptors (Lipinski definition) is 2. The molecule has 1 aliphatic carbocycles. The third-order valence-electron chi connectivity index (χ3n) is 5.74. The Kier molecular flexibility index (Phi) is 6.71. The maximum Gasteiger partial charge on any atom is 0.227 e. The van der Waals surface area contributed by atoms with Crippen LogP contribution in [0.15, 0.2) is 30.3 Å². The van der Waals surface area contributed by atoms with Crippen molar-refractivity contribution >= 4 is 5.91 Å². The molecule has 0 spiro atoms. The van der Waals surface area contributed by atoms with Gasteiger partial charge < -0.3 is 10.2 Å². The molecule has 1 atom stereocenters. The molecule has 0 aromatic heterocycles. The van der Waals surface area contributed by atoms with Crippen LogP contribution in [0, 0.1) is 5.92 Å². The molecule has 3 heteroatoms. The highest BCUT2D eigenvalue weighted by molar-refractivity contribution is 5.84. The summed E-state index contributed by atoms with van der Waals surface area (Å²) in [6, 6.07) is 10.4. The Bertz CT molecular complexity index is 490. The fourth-order valence-electron chi connectivity index (χ4n) is 4.40. The van der Waals surface area contributed by atoms with E-state index in [1.165, 1.54) is 70.0 Å². The van der Waals surface area contributed by atoms with Gasteiger partial charge in [-0.05, 0) is 50.3 Å². The number of carbonyl (C=O) groups excluding carboxylic acids is 1. The van der Waals surface area contributed by atoms with Gasteiger partial charge >= 0.3 is 0 Å². The predicted octanol–water partition coefficient (Wildman–Crippen LogP) is 3.95. The highest BCUT2D eigenvalue weighted by Gasteiger charge is 2.30. The summed E-state index contributed by atoms with van der Waals surface area (Å²) >= 11 is 0. The van der Waals surface area contributed by atoms with Gasteiger partial charge in [-0.2, -0.15) is 0 Å². The maximum absolute atomic E-state index is 13.0. The van der Waals surface area contributed by atoms with E-state index >= 15 is 0 Å². The maximum atomic E-state index is 13.0. The molecule has 1 unspecified atom stereocenters. The summed E-state index contributed by atoms with van der Waals surface area (Å²) in [7, 11) is 0. The van der Waals surface area contributed by atoms with E-state index in [2.05, 4.69) is 34.5 Å². The van der Waals surface area contributed by atoms with Crippen LogP contribution in [-0.4, -0.2) is 37.0 Å². The second-order valence-electron chi connectivity index (χ2n) is 7.48. The first kappa shape index (κ1) is 17.5. The lowest BCUT2D eigenvalue weighted by Crippen LogP contribution is -2.40. The molecule has 2 fully saturated rings. The molecule has 0 bridgehead atoms. The number of nitrogens with one attached hydrogen (secondary N) is 1. The van der Waals surface area contributed by atoms with E-state index in [0.29, 0.717) is 5.92 Å². The normalized spacial score (nSPS) is 21.3. The van der Waals surface area contributed by atoms with Gasteiger partial charge in [-0.15, -0.1) is 0 Å². The molecule has 1 aromatic rings. The number of likely N-dealkylation sites (tertiary alicyclic amines) is 1. The Balaban J connectivity index is 1.58. The van der Waals surface area contributed by atoms with Gasteiger partial charge in [0.1, 0.15) is 0 Å². The molecule has 3 rings (SSSR count). The smallest absolute Gasteiger partial charge is 0.227 e. The Morgan fingerprint density at radius 2 is 1.67 bits per heavy atom. The quantitative estimate of drug-likeness (QED) is 0.857. The van der Waals surface area contributed by atoms with Crippen LogP contribution in [-0.2, 0) is 4.79 Å². The van der Waals surface area contributed by atoms with Gasteiger partial charge in [-0.3, -0.25) is 4.79 Å². The molecule has 1 saturated heterocycles. The monoisotopic (exact) mass is 328 g/mol. The summed E-state index contributed by atoms with van der Waals surface area (Å²) < 4.78 is 0. The molecular formula is C21H32N2O. The second-order valence-corrected chi connectivity index (χ2v) is 7.48. The molecule has 1 aromatic carbocycles. The number of benzene rings is 1. The standard InChI is InChI=1S/C21H32N2O/c24-21(22-14-17-23-15-8-3-9-16-23)20(18-10-4-1-5-11-18)19-12-6-2-7-13-19/h1,4-5,10-11,19-20H,2-3,6-9,12-17H2,(H,22,24). The minimum Gasteiger partial charge on any atom is -0.354 e. The molecule has 1 amide bonds. The van der Waals surface area contributed by atoms with E-state index in [1.807, 2.05) is 6.07 Å². The minimum atomic E-state index is 0.0351. The van der Waals surface area contributed by atoms with E-state index in [1.54, 1.807) is 0 Å². The van der Waals surface area contributed by atoms with Gasteiger partial charge in [-0.25, -0.2) is 0 Å². The summed E-state index contributed by atoms with van der Waals surface area (Å²) in [5.74, 6) is 0.786. The zero-order valence-electron chi connectivity index (χ0n) is 14.9. The summed E-state index contributed by atoms with van der Waals surface area (Å²) in [5, 5.41) is 3.25. The summed E-state index contributed by atoms with van der Waals surface area (Å²) in [6.07, 6.45) is 10.2. The van der Waals surface area contributed by atoms with Crippen molar-refractivity contribution in [1.29, 1.82) is 0 Å². The van der Waals surface area contributed by atoms with Crippen molar-refractivity contribution in [2.75, 3.05) is 26.2 Å². The first-order valence-corrected chi connectivity index (χ1v) is 9.89. The van der Waals surface area contributed by atoms with Gasteiger partial charge in [0.25, 0.3) is 0 Å². The minimum absolute atomic E-state index is 0.0351. The fourth-order valence-corrected chi connectivity index (χ4v) is 4.40. The molecule has 1 saturated carbocycles.